The number of likely N-dealkylation sites (tertiary alicyclic amines) is 1. The lowest BCUT2D eigenvalue weighted by Crippen LogP contribution is -2.59. The average molecular weight is 576 g/mol. The number of ketones is 1. The number of carboxylic acids is 1. The van der Waals surface area contributed by atoms with Crippen LogP contribution >= 0.6 is 0 Å². The van der Waals surface area contributed by atoms with Crippen molar-refractivity contribution in [1.29, 1.82) is 0 Å². The fraction of sp³-hybridized carbons (Fsp3) is 0.433. The van der Waals surface area contributed by atoms with Crippen molar-refractivity contribution < 1.29 is 24.3 Å². The molecule has 42 heavy (non-hydrogen) atoms. The van der Waals surface area contributed by atoms with Crippen molar-refractivity contribution >= 4 is 34.3 Å². The monoisotopic (exact) mass is 575 g/mol. The molecule has 0 spiro atoms. The zero-order valence-corrected chi connectivity index (χ0v) is 23.7. The highest BCUT2D eigenvalue weighted by atomic mass is 16.4. The number of hydrogen-bond acceptors (Lipinski definition) is 8. The minimum absolute atomic E-state index is 0.0115. The number of carbonyl (C=O) groups excluding carboxylic acids is 3. The number of rotatable bonds is 12. The molecule has 2 atom stereocenters. The molecule has 222 valence electrons. The first-order valence-electron chi connectivity index (χ1n) is 14.3. The third kappa shape index (κ3) is 7.01. The van der Waals surface area contributed by atoms with Gasteiger partial charge in [-0.15, -0.1) is 0 Å². The van der Waals surface area contributed by atoms with Gasteiger partial charge < -0.3 is 15.0 Å². The number of imidazole rings is 1. The van der Waals surface area contributed by atoms with Crippen molar-refractivity contribution in [3.63, 3.8) is 0 Å². The Hall–Kier alpha value is -4.13. The summed E-state index contributed by atoms with van der Waals surface area (Å²) >= 11 is 0. The maximum atomic E-state index is 13.8. The first kappa shape index (κ1) is 29.4. The van der Waals surface area contributed by atoms with Gasteiger partial charge in [0.1, 0.15) is 11.8 Å². The summed E-state index contributed by atoms with van der Waals surface area (Å²) in [5.41, 5.74) is 4.60. The number of hydrogen-bond donors (Lipinski definition) is 3. The van der Waals surface area contributed by atoms with Crippen LogP contribution in [0.15, 0.2) is 55.0 Å². The van der Waals surface area contributed by atoms with Crippen LogP contribution in [0.1, 0.15) is 37.4 Å². The van der Waals surface area contributed by atoms with Crippen LogP contribution in [-0.4, -0.2) is 103 Å². The first-order valence-corrected chi connectivity index (χ1v) is 14.3. The van der Waals surface area contributed by atoms with E-state index in [-0.39, 0.29) is 37.2 Å². The Bertz CT molecular complexity index is 1420. The normalized spacial score (nSPS) is 18.2. The number of Topliss-reactive ketones (excluding diaryl/α,β-unsaturated/α-hetero) is 1. The minimum atomic E-state index is -1.16. The second kappa shape index (κ2) is 13.2. The molecule has 3 N–H and O–H groups in total. The molecule has 3 heterocycles. The van der Waals surface area contributed by atoms with Crippen molar-refractivity contribution in [3.05, 3.63) is 66.2 Å². The smallest absolute Gasteiger partial charge is 0.327 e. The van der Waals surface area contributed by atoms with Gasteiger partial charge in [-0.25, -0.2) is 19.8 Å². The van der Waals surface area contributed by atoms with Gasteiger partial charge in [0.25, 0.3) is 5.91 Å². The molecular formula is C30H37N7O5. The van der Waals surface area contributed by atoms with Crippen LogP contribution in [0.4, 0.5) is 0 Å². The number of H-pyrrole nitrogens is 1. The lowest BCUT2D eigenvalue weighted by molar-refractivity contribution is -0.158. The van der Waals surface area contributed by atoms with Gasteiger partial charge in [0, 0.05) is 44.8 Å². The molecule has 1 aromatic heterocycles. The maximum Gasteiger partial charge on any atom is 0.327 e. The number of aromatic amines is 1. The highest BCUT2D eigenvalue weighted by Crippen LogP contribution is 2.24. The second-order valence-electron chi connectivity index (χ2n) is 11.0. The predicted molar refractivity (Wildman–Crippen MR) is 155 cm³/mol. The fourth-order valence-electron chi connectivity index (χ4n) is 5.76. The van der Waals surface area contributed by atoms with E-state index in [0.717, 1.165) is 34.2 Å². The van der Waals surface area contributed by atoms with Crippen LogP contribution in [-0.2, 0) is 32.1 Å². The molecule has 2 aromatic carbocycles. The zero-order valence-electron chi connectivity index (χ0n) is 23.7. The van der Waals surface area contributed by atoms with Gasteiger partial charge in [0.05, 0.1) is 31.5 Å². The van der Waals surface area contributed by atoms with Crippen molar-refractivity contribution in [2.75, 3.05) is 32.7 Å². The van der Waals surface area contributed by atoms with Gasteiger partial charge in [-0.3, -0.25) is 19.3 Å². The standard InChI is InChI=1S/C30H37N7O5/c1-21(30(41)42)37(33-35-13-11-26(38)18-35)29(40)19-34(16-23-8-4-7-22-6-2-3-10-27(22)23)17-25-9-5-12-36(25)28(39)14-24-15-31-20-32-24/h2-4,6-8,10,15,20-21,25,33H,5,9,11-14,16-19H2,1H3,(H,31,32)(H,41,42)/t21-,25-/m0/s1. The Morgan fingerprint density at radius 2 is 1.98 bits per heavy atom. The van der Waals surface area contributed by atoms with Gasteiger partial charge in [-0.1, -0.05) is 42.5 Å². The van der Waals surface area contributed by atoms with E-state index < -0.39 is 17.9 Å². The molecule has 0 radical (unpaired) electrons. The van der Waals surface area contributed by atoms with Crippen molar-refractivity contribution in [3.8, 4) is 0 Å². The number of nitrogens with zero attached hydrogens (tertiary/aromatic N) is 5. The van der Waals surface area contributed by atoms with Gasteiger partial charge >= 0.3 is 5.97 Å². The number of aromatic nitrogens is 2. The molecule has 2 amide bonds. The molecule has 3 aromatic rings. The molecule has 2 aliphatic rings. The lowest BCUT2D eigenvalue weighted by Gasteiger charge is -2.35. The van der Waals surface area contributed by atoms with E-state index in [2.05, 4.69) is 15.5 Å². The molecule has 0 saturated carbocycles. The van der Waals surface area contributed by atoms with Crippen LogP contribution in [0.5, 0.6) is 0 Å². The first-order chi connectivity index (χ1) is 20.3. The molecule has 2 aliphatic heterocycles. The van der Waals surface area contributed by atoms with Crippen LogP contribution in [0.2, 0.25) is 0 Å². The Morgan fingerprint density at radius 1 is 1.17 bits per heavy atom. The number of carbonyl (C=O) groups is 4. The van der Waals surface area contributed by atoms with E-state index in [0.29, 0.717) is 38.3 Å². The summed E-state index contributed by atoms with van der Waals surface area (Å²) in [6.45, 7) is 3.37. The summed E-state index contributed by atoms with van der Waals surface area (Å²) in [7, 11) is 0. The molecule has 12 heteroatoms. The maximum absolute atomic E-state index is 13.8. The highest BCUT2D eigenvalue weighted by molar-refractivity contribution is 5.86. The molecule has 0 aliphatic carbocycles. The summed E-state index contributed by atoms with van der Waals surface area (Å²) < 4.78 is 0. The van der Waals surface area contributed by atoms with Gasteiger partial charge in [-0.05, 0) is 36.1 Å². The Kier molecular flexibility index (Phi) is 9.25. The van der Waals surface area contributed by atoms with E-state index in [1.807, 2.05) is 52.3 Å². The van der Waals surface area contributed by atoms with E-state index in [4.69, 9.17) is 0 Å². The molecule has 12 nitrogen and oxygen atoms in total. The molecule has 0 unspecified atom stereocenters. The number of carboxylic acid groups (broad SMARTS) is 1. The fourth-order valence-corrected chi connectivity index (χ4v) is 5.76. The van der Waals surface area contributed by atoms with E-state index in [1.165, 1.54) is 6.92 Å². The average Bonchev–Trinajstić information content (AvgIpc) is 3.74. The number of benzene rings is 2. The lowest BCUT2D eigenvalue weighted by atomic mass is 10.0. The number of fused-ring (bicyclic) bond motifs is 1. The van der Waals surface area contributed by atoms with Gasteiger partial charge in [-0.2, -0.15) is 5.53 Å². The Morgan fingerprint density at radius 3 is 2.71 bits per heavy atom. The number of aliphatic carboxylic acids is 1. The number of hydrazine groups is 2. The van der Waals surface area contributed by atoms with Crippen molar-refractivity contribution in [2.24, 2.45) is 0 Å². The molecule has 5 rings (SSSR count). The van der Waals surface area contributed by atoms with Crippen LogP contribution < -0.4 is 5.53 Å². The topological polar surface area (TPSA) is 142 Å². The predicted octanol–water partition coefficient (Wildman–Crippen LogP) is 1.59. The summed E-state index contributed by atoms with van der Waals surface area (Å²) in [5.74, 6) is -1.58. The Balaban J connectivity index is 1.38. The van der Waals surface area contributed by atoms with Crippen molar-refractivity contribution in [2.45, 2.75) is 51.2 Å². The molecule has 2 fully saturated rings. The minimum Gasteiger partial charge on any atom is -0.480 e. The number of amides is 2. The molecular weight excluding hydrogens is 538 g/mol. The van der Waals surface area contributed by atoms with E-state index >= 15 is 0 Å². The summed E-state index contributed by atoms with van der Waals surface area (Å²) in [6, 6.07) is 12.8. The van der Waals surface area contributed by atoms with Crippen LogP contribution in [0, 0.1) is 0 Å². The van der Waals surface area contributed by atoms with E-state index in [9.17, 15) is 24.3 Å². The summed E-state index contributed by atoms with van der Waals surface area (Å²) in [6.07, 6.45) is 5.47. The largest absolute Gasteiger partial charge is 0.480 e. The SMILES string of the molecule is C[C@@H](C(=O)O)N(NN1CCC(=O)C1)C(=O)CN(Cc1cccc2ccccc12)C[C@@H]1CCCN1C(=O)Cc1c[nH]cn1. The third-order valence-corrected chi connectivity index (χ3v) is 7.98. The third-order valence-electron chi connectivity index (χ3n) is 7.98. The quantitative estimate of drug-likeness (QED) is 0.275. The van der Waals surface area contributed by atoms with E-state index in [1.54, 1.807) is 17.5 Å². The Labute approximate surface area is 244 Å². The van der Waals surface area contributed by atoms with Crippen LogP contribution in [0.3, 0.4) is 0 Å². The highest BCUT2D eigenvalue weighted by Gasteiger charge is 2.34. The molecule has 0 bridgehead atoms. The zero-order chi connectivity index (χ0) is 29.6. The molecule has 2 saturated heterocycles. The van der Waals surface area contributed by atoms with Gasteiger partial charge in [0.2, 0.25) is 5.91 Å². The summed E-state index contributed by atoms with van der Waals surface area (Å²) in [4.78, 5) is 61.7. The van der Waals surface area contributed by atoms with Crippen LogP contribution in [0.25, 0.3) is 10.8 Å². The second-order valence-corrected chi connectivity index (χ2v) is 11.0. The van der Waals surface area contributed by atoms with Gasteiger partial charge in [0.15, 0.2) is 0 Å². The van der Waals surface area contributed by atoms with Crippen molar-refractivity contribution in [1.82, 2.24) is 35.3 Å². The number of nitrogens with one attached hydrogen (secondary N) is 2. The summed E-state index contributed by atoms with van der Waals surface area (Å²) in [5, 5.41) is 14.6.